The molecule has 0 radical (unpaired) electrons. The van der Waals surface area contributed by atoms with Crippen LogP contribution in [0.5, 0.6) is 5.75 Å². The molecule has 0 aromatic heterocycles. The molecule has 80 valence electrons. The Morgan fingerprint density at radius 1 is 1.38 bits per heavy atom. The molecule has 2 N–H and O–H groups in total. The highest BCUT2D eigenvalue weighted by Gasteiger charge is 1.97. The second-order valence-electron chi connectivity index (χ2n) is 3.49. The van der Waals surface area contributed by atoms with Crippen LogP contribution in [0.2, 0.25) is 0 Å². The molecule has 2 rings (SSSR count). The average Bonchev–Trinajstić information content (AvgIpc) is 2.55. The van der Waals surface area contributed by atoms with Crippen LogP contribution < -0.4 is 10.5 Å². The van der Waals surface area contributed by atoms with E-state index in [2.05, 4.69) is 11.8 Å². The van der Waals surface area contributed by atoms with Gasteiger partial charge in [-0.1, -0.05) is 30.1 Å². The van der Waals surface area contributed by atoms with E-state index >= 15 is 0 Å². The van der Waals surface area contributed by atoms with E-state index in [-0.39, 0.29) is 0 Å². The van der Waals surface area contributed by atoms with Crippen LogP contribution in [0.25, 0.3) is 0 Å². The lowest BCUT2D eigenvalue weighted by Gasteiger charge is -2.05. The second-order valence-corrected chi connectivity index (χ2v) is 3.49. The van der Waals surface area contributed by atoms with Crippen molar-refractivity contribution in [3.8, 4) is 17.6 Å². The number of benzene rings is 1. The zero-order valence-electron chi connectivity index (χ0n) is 8.94. The van der Waals surface area contributed by atoms with Gasteiger partial charge in [-0.2, -0.15) is 0 Å². The van der Waals surface area contributed by atoms with Crippen molar-refractivity contribution in [1.29, 1.82) is 0 Å². The lowest BCUT2D eigenvalue weighted by Crippen LogP contribution is -2.00. The third-order valence-corrected chi connectivity index (χ3v) is 2.15. The van der Waals surface area contributed by atoms with Crippen molar-refractivity contribution in [1.82, 2.24) is 0 Å². The molecule has 0 amide bonds. The Kier molecular flexibility index (Phi) is 3.30. The zero-order chi connectivity index (χ0) is 11.2. The first kappa shape index (κ1) is 10.4. The normalized spacial score (nSPS) is 13.4. The number of allylic oxidation sites excluding steroid dienone is 3. The Balaban J connectivity index is 1.98. The number of nitrogen functional groups attached to an aromatic ring is 1. The number of rotatable bonds is 3. The van der Waals surface area contributed by atoms with Gasteiger partial charge >= 0.3 is 0 Å². The zero-order valence-corrected chi connectivity index (χ0v) is 8.94. The van der Waals surface area contributed by atoms with Gasteiger partial charge in [-0.15, -0.1) is 0 Å². The molecule has 0 spiro atoms. The Morgan fingerprint density at radius 2 is 2.31 bits per heavy atom. The molecule has 1 aromatic rings. The van der Waals surface area contributed by atoms with E-state index in [0.29, 0.717) is 12.3 Å². The van der Waals surface area contributed by atoms with E-state index in [9.17, 15) is 0 Å². The van der Waals surface area contributed by atoms with Crippen LogP contribution in [0, 0.1) is 11.8 Å². The van der Waals surface area contributed by atoms with Crippen molar-refractivity contribution in [2.75, 3.05) is 12.3 Å². The summed E-state index contributed by atoms with van der Waals surface area (Å²) in [5.74, 6) is 6.87. The molecular formula is C14H13NO. The molecule has 0 unspecified atom stereocenters. The maximum Gasteiger partial charge on any atom is 0.121 e. The van der Waals surface area contributed by atoms with Crippen LogP contribution in [0.15, 0.2) is 48.1 Å². The molecule has 1 aromatic carbocycles. The number of nitrogens with two attached hydrogens (primary N) is 1. The minimum atomic E-state index is 0.487. The molecule has 1 aliphatic rings. The summed E-state index contributed by atoms with van der Waals surface area (Å²) in [6, 6.07) is 7.40. The van der Waals surface area contributed by atoms with Crippen molar-refractivity contribution < 1.29 is 4.74 Å². The lowest BCUT2D eigenvalue weighted by atomic mass is 10.2. The fourth-order valence-electron chi connectivity index (χ4n) is 1.37. The quantitative estimate of drug-likeness (QED) is 0.616. The molecule has 0 heterocycles. The Labute approximate surface area is 95.4 Å². The van der Waals surface area contributed by atoms with Crippen LogP contribution in [-0.2, 0) is 0 Å². The van der Waals surface area contributed by atoms with Gasteiger partial charge in [0.25, 0.3) is 0 Å². The fraction of sp³-hybridized carbons (Fsp3) is 0.143. The molecule has 0 bridgehead atoms. The molecule has 0 saturated heterocycles. The van der Waals surface area contributed by atoms with E-state index < -0.39 is 0 Å². The van der Waals surface area contributed by atoms with Gasteiger partial charge in [-0.3, -0.25) is 0 Å². The van der Waals surface area contributed by atoms with Gasteiger partial charge < -0.3 is 10.5 Å². The summed E-state index contributed by atoms with van der Waals surface area (Å²) in [6.45, 7) is 0.487. The first-order chi connectivity index (χ1) is 7.84. The molecule has 0 fully saturated rings. The summed E-state index contributed by atoms with van der Waals surface area (Å²) in [5.41, 5.74) is 7.35. The number of hydrogen-bond donors (Lipinski definition) is 1. The van der Waals surface area contributed by atoms with Crippen molar-refractivity contribution in [2.24, 2.45) is 0 Å². The summed E-state index contributed by atoms with van der Waals surface area (Å²) in [6.07, 6.45) is 6.80. The van der Waals surface area contributed by atoms with Crippen molar-refractivity contribution >= 4 is 5.69 Å². The van der Waals surface area contributed by atoms with E-state index in [1.165, 1.54) is 0 Å². The first-order valence-electron chi connectivity index (χ1n) is 5.17. The molecule has 2 heteroatoms. The average molecular weight is 211 g/mol. The molecule has 0 aliphatic heterocycles. The number of anilines is 1. The van der Waals surface area contributed by atoms with Crippen LogP contribution in [0.1, 0.15) is 6.42 Å². The van der Waals surface area contributed by atoms with Gasteiger partial charge in [0, 0.05) is 23.7 Å². The molecule has 16 heavy (non-hydrogen) atoms. The predicted molar refractivity (Wildman–Crippen MR) is 66.0 cm³/mol. The topological polar surface area (TPSA) is 35.2 Å². The largest absolute Gasteiger partial charge is 0.488 e. The predicted octanol–water partition coefficient (Wildman–Crippen LogP) is 2.54. The Morgan fingerprint density at radius 3 is 3.19 bits per heavy atom. The van der Waals surface area contributed by atoms with Gasteiger partial charge in [0.2, 0.25) is 0 Å². The monoisotopic (exact) mass is 211 g/mol. The maximum absolute atomic E-state index is 5.66. The maximum atomic E-state index is 5.66. The minimum absolute atomic E-state index is 0.487. The van der Waals surface area contributed by atoms with Gasteiger partial charge in [-0.25, -0.2) is 0 Å². The highest BCUT2D eigenvalue weighted by Crippen LogP contribution is 2.15. The third kappa shape index (κ3) is 2.93. The van der Waals surface area contributed by atoms with E-state index in [1.54, 1.807) is 6.07 Å². The SMILES string of the molecule is Nc1cccc(OCC2=CC=CCC#C2)c1. The van der Waals surface area contributed by atoms with Crippen LogP contribution in [0.4, 0.5) is 5.69 Å². The molecular weight excluding hydrogens is 198 g/mol. The summed E-state index contributed by atoms with van der Waals surface area (Å²) in [5, 5.41) is 0. The molecule has 2 nitrogen and oxygen atoms in total. The molecule has 0 saturated carbocycles. The third-order valence-electron chi connectivity index (χ3n) is 2.15. The van der Waals surface area contributed by atoms with Crippen LogP contribution in [0.3, 0.4) is 0 Å². The van der Waals surface area contributed by atoms with Gasteiger partial charge in [-0.05, 0) is 18.2 Å². The summed E-state index contributed by atoms with van der Waals surface area (Å²) in [4.78, 5) is 0. The molecule has 1 aliphatic carbocycles. The minimum Gasteiger partial charge on any atom is -0.488 e. The smallest absolute Gasteiger partial charge is 0.121 e. The van der Waals surface area contributed by atoms with Crippen LogP contribution >= 0.6 is 0 Å². The summed E-state index contributed by atoms with van der Waals surface area (Å²) < 4.78 is 5.60. The highest BCUT2D eigenvalue weighted by molar-refractivity contribution is 5.44. The second kappa shape index (κ2) is 5.09. The molecule has 0 atom stereocenters. The van der Waals surface area contributed by atoms with Crippen molar-refractivity contribution in [3.05, 3.63) is 48.1 Å². The van der Waals surface area contributed by atoms with Crippen molar-refractivity contribution in [3.63, 3.8) is 0 Å². The number of hydrogen-bond acceptors (Lipinski definition) is 2. The van der Waals surface area contributed by atoms with Gasteiger partial charge in [0.15, 0.2) is 0 Å². The first-order valence-corrected chi connectivity index (χ1v) is 5.17. The van der Waals surface area contributed by atoms with E-state index in [4.69, 9.17) is 10.5 Å². The summed E-state index contributed by atoms with van der Waals surface area (Å²) in [7, 11) is 0. The standard InChI is InChI=1S/C14H13NO/c15-13-8-5-9-14(10-13)16-11-12-6-3-1-2-4-7-12/h1,3,5-6,8-10H,2,11,15H2. The highest BCUT2D eigenvalue weighted by atomic mass is 16.5. The van der Waals surface area contributed by atoms with Crippen LogP contribution in [-0.4, -0.2) is 6.61 Å². The van der Waals surface area contributed by atoms with E-state index in [0.717, 1.165) is 17.7 Å². The van der Waals surface area contributed by atoms with Crippen molar-refractivity contribution in [2.45, 2.75) is 6.42 Å². The summed E-state index contributed by atoms with van der Waals surface area (Å²) >= 11 is 0. The lowest BCUT2D eigenvalue weighted by molar-refractivity contribution is 0.357. The van der Waals surface area contributed by atoms with Gasteiger partial charge in [0.1, 0.15) is 12.4 Å². The fourth-order valence-corrected chi connectivity index (χ4v) is 1.37. The Bertz CT molecular complexity index is 489. The van der Waals surface area contributed by atoms with E-state index in [1.807, 2.05) is 36.4 Å². The Hall–Kier alpha value is -2.14. The van der Waals surface area contributed by atoms with Gasteiger partial charge in [0.05, 0.1) is 0 Å². The number of ether oxygens (including phenoxy) is 1.